The Bertz CT molecular complexity index is 1120. The highest BCUT2D eigenvalue weighted by Gasteiger charge is 2.48. The number of aromatic nitrogens is 2. The standard InChI is InChI=1S/C25H29N3O4/c1-4-6-11-16-27-23(29)21(24(30)32-5-2)22(17-12-7-10-15-20(17)31-3)28-19-14-9-8-13-18(19)26-25(27)28/h7-10,12-15,21-22H,4-6,11,16H2,1-3H3. The van der Waals surface area contributed by atoms with Crippen molar-refractivity contribution in [3.8, 4) is 5.75 Å². The first kappa shape index (κ1) is 21.9. The van der Waals surface area contributed by atoms with E-state index in [1.165, 1.54) is 0 Å². The molecule has 0 saturated carbocycles. The highest BCUT2D eigenvalue weighted by Crippen LogP contribution is 2.43. The number of carbonyl (C=O) groups is 2. The van der Waals surface area contributed by atoms with Gasteiger partial charge in [0.05, 0.1) is 30.8 Å². The Labute approximate surface area is 187 Å². The molecule has 7 nitrogen and oxygen atoms in total. The molecular formula is C25H29N3O4. The van der Waals surface area contributed by atoms with Gasteiger partial charge in [0.25, 0.3) is 0 Å². The predicted octanol–water partition coefficient (Wildman–Crippen LogP) is 4.35. The fourth-order valence-corrected chi connectivity index (χ4v) is 4.47. The van der Waals surface area contributed by atoms with Crippen LogP contribution < -0.4 is 9.64 Å². The summed E-state index contributed by atoms with van der Waals surface area (Å²) in [6.45, 7) is 4.58. The number of esters is 1. The lowest BCUT2D eigenvalue weighted by Crippen LogP contribution is -2.50. The molecule has 0 aliphatic carbocycles. The van der Waals surface area contributed by atoms with E-state index in [1.54, 1.807) is 18.9 Å². The van der Waals surface area contributed by atoms with E-state index in [9.17, 15) is 9.59 Å². The Kier molecular flexibility index (Phi) is 6.44. The van der Waals surface area contributed by atoms with Gasteiger partial charge in [-0.25, -0.2) is 4.98 Å². The van der Waals surface area contributed by atoms with Crippen LogP contribution in [0.25, 0.3) is 11.0 Å². The molecule has 0 radical (unpaired) electrons. The van der Waals surface area contributed by atoms with Gasteiger partial charge in [0, 0.05) is 12.1 Å². The largest absolute Gasteiger partial charge is 0.496 e. The fourth-order valence-electron chi connectivity index (χ4n) is 4.47. The number of amides is 1. The first-order valence-electron chi connectivity index (χ1n) is 11.2. The molecule has 3 aromatic rings. The number of hydrogen-bond donors (Lipinski definition) is 0. The molecular weight excluding hydrogens is 406 g/mol. The summed E-state index contributed by atoms with van der Waals surface area (Å²) in [6.07, 6.45) is 2.86. The number of unbranched alkanes of at least 4 members (excludes halogenated alkanes) is 2. The summed E-state index contributed by atoms with van der Waals surface area (Å²) >= 11 is 0. The van der Waals surface area contributed by atoms with E-state index in [-0.39, 0.29) is 12.5 Å². The molecule has 1 aliphatic rings. The van der Waals surface area contributed by atoms with Crippen LogP contribution in [0.2, 0.25) is 0 Å². The van der Waals surface area contributed by atoms with Crippen molar-refractivity contribution < 1.29 is 19.1 Å². The summed E-state index contributed by atoms with van der Waals surface area (Å²) in [4.78, 5) is 33.4. The third kappa shape index (κ3) is 3.72. The molecule has 32 heavy (non-hydrogen) atoms. The molecule has 2 unspecified atom stereocenters. The molecule has 4 rings (SSSR count). The number of methoxy groups -OCH3 is 1. The predicted molar refractivity (Wildman–Crippen MR) is 123 cm³/mol. The van der Waals surface area contributed by atoms with Crippen LogP contribution in [0.1, 0.15) is 44.7 Å². The molecule has 0 bridgehead atoms. The van der Waals surface area contributed by atoms with Gasteiger partial charge in [-0.3, -0.25) is 14.5 Å². The summed E-state index contributed by atoms with van der Waals surface area (Å²) in [7, 11) is 1.59. The van der Waals surface area contributed by atoms with Crippen LogP contribution in [0.15, 0.2) is 48.5 Å². The number of benzene rings is 2. The van der Waals surface area contributed by atoms with Crippen LogP contribution in [0, 0.1) is 5.92 Å². The van der Waals surface area contributed by atoms with Crippen molar-refractivity contribution in [3.05, 3.63) is 54.1 Å². The van der Waals surface area contributed by atoms with Crippen molar-refractivity contribution in [2.24, 2.45) is 5.92 Å². The zero-order valence-electron chi connectivity index (χ0n) is 18.8. The summed E-state index contributed by atoms with van der Waals surface area (Å²) in [5.41, 5.74) is 2.39. The summed E-state index contributed by atoms with van der Waals surface area (Å²) in [6, 6.07) is 14.6. The Hall–Kier alpha value is -3.35. The Morgan fingerprint density at radius 2 is 1.81 bits per heavy atom. The quantitative estimate of drug-likeness (QED) is 0.299. The average Bonchev–Trinajstić information content (AvgIpc) is 3.19. The topological polar surface area (TPSA) is 73.7 Å². The van der Waals surface area contributed by atoms with Gasteiger partial charge in [-0.2, -0.15) is 0 Å². The number of anilines is 1. The van der Waals surface area contributed by atoms with Crippen molar-refractivity contribution in [1.29, 1.82) is 0 Å². The molecule has 1 aliphatic heterocycles. The van der Waals surface area contributed by atoms with E-state index in [0.717, 1.165) is 35.9 Å². The smallest absolute Gasteiger partial charge is 0.321 e. The van der Waals surface area contributed by atoms with Crippen LogP contribution in [-0.2, 0) is 14.3 Å². The number of imidazole rings is 1. The van der Waals surface area contributed by atoms with Crippen molar-refractivity contribution in [1.82, 2.24) is 9.55 Å². The molecule has 2 aromatic carbocycles. The lowest BCUT2D eigenvalue weighted by atomic mass is 9.88. The summed E-state index contributed by atoms with van der Waals surface area (Å²) < 4.78 is 13.0. The van der Waals surface area contributed by atoms with E-state index in [0.29, 0.717) is 18.2 Å². The van der Waals surface area contributed by atoms with Crippen molar-refractivity contribution in [3.63, 3.8) is 0 Å². The Morgan fingerprint density at radius 1 is 1.06 bits per heavy atom. The van der Waals surface area contributed by atoms with Gasteiger partial charge in [-0.15, -0.1) is 0 Å². The molecule has 1 aromatic heterocycles. The number of fused-ring (bicyclic) bond motifs is 3. The van der Waals surface area contributed by atoms with Gasteiger partial charge >= 0.3 is 5.97 Å². The van der Waals surface area contributed by atoms with E-state index in [2.05, 4.69) is 6.92 Å². The van der Waals surface area contributed by atoms with E-state index in [1.807, 2.05) is 53.1 Å². The number of nitrogens with zero attached hydrogens (tertiary/aromatic N) is 3. The lowest BCUT2D eigenvalue weighted by molar-refractivity contribution is -0.153. The minimum absolute atomic E-state index is 0.203. The third-order valence-electron chi connectivity index (χ3n) is 5.93. The number of para-hydroxylation sites is 3. The zero-order chi connectivity index (χ0) is 22.7. The molecule has 1 amide bonds. The van der Waals surface area contributed by atoms with Gasteiger partial charge in [0.15, 0.2) is 5.92 Å². The first-order chi connectivity index (χ1) is 15.6. The highest BCUT2D eigenvalue weighted by atomic mass is 16.5. The normalized spacial score (nSPS) is 18.0. The molecule has 2 atom stereocenters. The minimum atomic E-state index is -1.03. The molecule has 168 valence electrons. The molecule has 7 heteroatoms. The molecule has 2 heterocycles. The summed E-state index contributed by atoms with van der Waals surface area (Å²) in [5, 5.41) is 0. The van der Waals surface area contributed by atoms with E-state index < -0.39 is 17.9 Å². The maximum atomic E-state index is 13.8. The lowest BCUT2D eigenvalue weighted by Gasteiger charge is -2.38. The Morgan fingerprint density at radius 3 is 2.56 bits per heavy atom. The fraction of sp³-hybridized carbons (Fsp3) is 0.400. The highest BCUT2D eigenvalue weighted by molar-refractivity contribution is 6.08. The maximum absolute atomic E-state index is 13.8. The van der Waals surface area contributed by atoms with Crippen LogP contribution in [-0.4, -0.2) is 41.7 Å². The van der Waals surface area contributed by atoms with E-state index >= 15 is 0 Å². The van der Waals surface area contributed by atoms with Crippen molar-refractivity contribution >= 4 is 28.9 Å². The van der Waals surface area contributed by atoms with Crippen LogP contribution in [0.4, 0.5) is 5.95 Å². The van der Waals surface area contributed by atoms with Gasteiger partial charge < -0.3 is 14.0 Å². The average molecular weight is 436 g/mol. The van der Waals surface area contributed by atoms with Gasteiger partial charge in [-0.1, -0.05) is 50.1 Å². The molecule has 0 spiro atoms. The SMILES string of the molecule is CCCCCN1C(=O)C(C(=O)OCC)C(c2ccccc2OC)n2c1nc1ccccc12. The second kappa shape index (κ2) is 9.42. The second-order valence-electron chi connectivity index (χ2n) is 7.88. The van der Waals surface area contributed by atoms with Gasteiger partial charge in [0.1, 0.15) is 5.75 Å². The number of rotatable bonds is 8. The molecule has 0 N–H and O–H groups in total. The van der Waals surface area contributed by atoms with Crippen molar-refractivity contribution in [2.75, 3.05) is 25.2 Å². The minimum Gasteiger partial charge on any atom is -0.496 e. The van der Waals surface area contributed by atoms with Crippen LogP contribution in [0.5, 0.6) is 5.75 Å². The van der Waals surface area contributed by atoms with Gasteiger partial charge in [0.2, 0.25) is 11.9 Å². The third-order valence-corrected chi connectivity index (χ3v) is 5.93. The van der Waals surface area contributed by atoms with Crippen LogP contribution in [0.3, 0.4) is 0 Å². The van der Waals surface area contributed by atoms with E-state index in [4.69, 9.17) is 14.5 Å². The van der Waals surface area contributed by atoms with Crippen LogP contribution >= 0.6 is 0 Å². The summed E-state index contributed by atoms with van der Waals surface area (Å²) in [5.74, 6) is -0.667. The second-order valence-corrected chi connectivity index (χ2v) is 7.88. The number of hydrogen-bond acceptors (Lipinski definition) is 5. The first-order valence-corrected chi connectivity index (χ1v) is 11.2. The number of carbonyl (C=O) groups excluding carboxylic acids is 2. The van der Waals surface area contributed by atoms with Gasteiger partial charge in [-0.05, 0) is 31.5 Å². The van der Waals surface area contributed by atoms with Crippen molar-refractivity contribution in [2.45, 2.75) is 39.2 Å². The maximum Gasteiger partial charge on any atom is 0.321 e. The molecule has 0 fully saturated rings. The number of ether oxygens (including phenoxy) is 2. The monoisotopic (exact) mass is 435 g/mol. The Balaban J connectivity index is 1.97. The zero-order valence-corrected chi connectivity index (χ0v) is 18.8. The molecule has 0 saturated heterocycles.